The lowest BCUT2D eigenvalue weighted by Gasteiger charge is -2.24. The lowest BCUT2D eigenvalue weighted by Crippen LogP contribution is -2.30. The largest absolute Gasteiger partial charge is 0.455 e. The van der Waals surface area contributed by atoms with Gasteiger partial charge in [-0.25, -0.2) is 12.8 Å². The van der Waals surface area contributed by atoms with Gasteiger partial charge >= 0.3 is 0 Å². The number of halogens is 1. The highest BCUT2D eigenvalue weighted by atomic mass is 32.2. The van der Waals surface area contributed by atoms with Crippen LogP contribution in [0.5, 0.6) is 0 Å². The second-order valence-corrected chi connectivity index (χ2v) is 10.0. The summed E-state index contributed by atoms with van der Waals surface area (Å²) in [4.78, 5) is 24.8. The van der Waals surface area contributed by atoms with E-state index >= 15 is 0 Å². The average molecular weight is 510 g/mol. The number of anilines is 1. The molecule has 0 unspecified atom stereocenters. The third-order valence-corrected chi connectivity index (χ3v) is 7.04. The maximum absolute atomic E-state index is 13.5. The molecule has 3 N–H and O–H groups in total. The van der Waals surface area contributed by atoms with E-state index in [1.807, 2.05) is 0 Å². The fourth-order valence-electron chi connectivity index (χ4n) is 4.15. The molecule has 186 valence electrons. The number of carbonyl (C=O) groups is 2. The number of hydrogen-bond donors (Lipinski definition) is 2. The van der Waals surface area contributed by atoms with Crippen molar-refractivity contribution in [1.29, 1.82) is 0 Å². The van der Waals surface area contributed by atoms with E-state index in [0.717, 1.165) is 6.26 Å². The van der Waals surface area contributed by atoms with Crippen molar-refractivity contribution in [3.8, 4) is 22.5 Å². The third kappa shape index (κ3) is 4.55. The van der Waals surface area contributed by atoms with Gasteiger partial charge in [-0.2, -0.15) is 0 Å². The Morgan fingerprint density at radius 1 is 1.06 bits per heavy atom. The smallest absolute Gasteiger partial charge is 0.255 e. The van der Waals surface area contributed by atoms with Crippen LogP contribution in [0.2, 0.25) is 0 Å². The molecule has 2 amide bonds. The molecule has 3 aromatic carbocycles. The van der Waals surface area contributed by atoms with Crippen LogP contribution >= 0.6 is 0 Å². The summed E-state index contributed by atoms with van der Waals surface area (Å²) in [5.74, 6) is -1.31. The van der Waals surface area contributed by atoms with Crippen LogP contribution in [0.15, 0.2) is 65.1 Å². The first kappa shape index (κ1) is 24.9. The second-order valence-electron chi connectivity index (χ2n) is 8.13. The van der Waals surface area contributed by atoms with Crippen LogP contribution < -0.4 is 15.4 Å². The normalized spacial score (nSPS) is 11.4. The highest BCUT2D eigenvalue weighted by Crippen LogP contribution is 2.41. The lowest BCUT2D eigenvalue weighted by molar-refractivity contribution is 0.0963. The SMILES string of the molecule is CCN(c1cc2oc(-c3ccc(F)cc3)c(C(=O)NC)c2cc1-c1cccc(C(N)=O)c1)S(C)(=O)=O. The molecule has 0 aliphatic carbocycles. The molecule has 1 aromatic heterocycles. The highest BCUT2D eigenvalue weighted by molar-refractivity contribution is 7.92. The summed E-state index contributed by atoms with van der Waals surface area (Å²) in [7, 11) is -2.22. The number of hydrogen-bond acceptors (Lipinski definition) is 5. The Hall–Kier alpha value is -4.18. The van der Waals surface area contributed by atoms with Crippen LogP contribution in [0, 0.1) is 5.82 Å². The molecule has 0 bridgehead atoms. The molecule has 0 saturated carbocycles. The fraction of sp³-hybridized carbons (Fsp3) is 0.154. The first-order valence-electron chi connectivity index (χ1n) is 11.0. The molecule has 0 fully saturated rings. The topological polar surface area (TPSA) is 123 Å². The van der Waals surface area contributed by atoms with Crippen molar-refractivity contribution in [2.45, 2.75) is 6.92 Å². The van der Waals surface area contributed by atoms with Crippen molar-refractivity contribution in [2.75, 3.05) is 24.2 Å². The summed E-state index contributed by atoms with van der Waals surface area (Å²) in [6, 6.07) is 15.2. The summed E-state index contributed by atoms with van der Waals surface area (Å²) >= 11 is 0. The van der Waals surface area contributed by atoms with Gasteiger partial charge in [-0.15, -0.1) is 0 Å². The second kappa shape index (κ2) is 9.46. The molecule has 4 rings (SSSR count). The minimum atomic E-state index is -3.70. The van der Waals surface area contributed by atoms with Gasteiger partial charge < -0.3 is 15.5 Å². The molecule has 0 aliphatic heterocycles. The predicted molar refractivity (Wildman–Crippen MR) is 137 cm³/mol. The average Bonchev–Trinajstić information content (AvgIpc) is 3.21. The van der Waals surface area contributed by atoms with Gasteiger partial charge in [0, 0.05) is 41.7 Å². The van der Waals surface area contributed by atoms with Crippen molar-refractivity contribution in [3.63, 3.8) is 0 Å². The molecule has 0 aliphatic rings. The minimum Gasteiger partial charge on any atom is -0.455 e. The van der Waals surface area contributed by atoms with Crippen LogP contribution in [-0.2, 0) is 10.0 Å². The molecule has 36 heavy (non-hydrogen) atoms. The van der Waals surface area contributed by atoms with E-state index in [4.69, 9.17) is 10.2 Å². The van der Waals surface area contributed by atoms with Gasteiger partial charge in [-0.3, -0.25) is 13.9 Å². The number of fused-ring (bicyclic) bond motifs is 1. The summed E-state index contributed by atoms with van der Waals surface area (Å²) in [6.07, 6.45) is 1.09. The van der Waals surface area contributed by atoms with E-state index in [9.17, 15) is 22.4 Å². The van der Waals surface area contributed by atoms with Crippen LogP contribution in [0.4, 0.5) is 10.1 Å². The molecule has 0 spiro atoms. The van der Waals surface area contributed by atoms with Gasteiger partial charge in [0.1, 0.15) is 17.2 Å². The molecule has 4 aromatic rings. The minimum absolute atomic E-state index is 0.126. The first-order valence-corrected chi connectivity index (χ1v) is 12.9. The van der Waals surface area contributed by atoms with Gasteiger partial charge in [0.25, 0.3) is 5.91 Å². The van der Waals surface area contributed by atoms with Gasteiger partial charge in [0.05, 0.1) is 17.5 Å². The quantitative estimate of drug-likeness (QED) is 0.388. The standard InChI is InChI=1S/C26H24FN3O5S/c1-4-30(36(3,33)34)21-14-22-20(13-19(21)16-6-5-7-17(12-16)25(28)31)23(26(32)29-2)24(35-22)15-8-10-18(27)11-9-15/h5-14H,4H2,1-3H3,(H2,28,31)(H,29,32). The van der Waals surface area contributed by atoms with Gasteiger partial charge in [0.15, 0.2) is 0 Å². The number of nitrogens with zero attached hydrogens (tertiary/aromatic N) is 1. The number of sulfonamides is 1. The Morgan fingerprint density at radius 2 is 1.75 bits per heavy atom. The zero-order chi connectivity index (χ0) is 26.2. The van der Waals surface area contributed by atoms with Gasteiger partial charge in [-0.05, 0) is 55.0 Å². The predicted octanol–water partition coefficient (Wildman–Crippen LogP) is 4.15. The van der Waals surface area contributed by atoms with Gasteiger partial charge in [-0.1, -0.05) is 12.1 Å². The molecule has 1 heterocycles. The lowest BCUT2D eigenvalue weighted by atomic mass is 9.97. The molecule has 0 saturated heterocycles. The number of amides is 2. The molecular weight excluding hydrogens is 485 g/mol. The van der Waals surface area contributed by atoms with E-state index in [1.54, 1.807) is 43.3 Å². The van der Waals surface area contributed by atoms with Crippen molar-refractivity contribution in [3.05, 3.63) is 77.6 Å². The maximum Gasteiger partial charge on any atom is 0.255 e. The van der Waals surface area contributed by atoms with E-state index in [1.165, 1.54) is 35.6 Å². The van der Waals surface area contributed by atoms with Gasteiger partial charge in [0.2, 0.25) is 15.9 Å². The first-order chi connectivity index (χ1) is 17.0. The molecule has 0 radical (unpaired) electrons. The summed E-state index contributed by atoms with van der Waals surface area (Å²) in [5, 5.41) is 3.01. The number of nitrogens with one attached hydrogen (secondary N) is 1. The third-order valence-electron chi connectivity index (χ3n) is 5.78. The van der Waals surface area contributed by atoms with E-state index in [-0.39, 0.29) is 29.0 Å². The zero-order valence-electron chi connectivity index (χ0n) is 19.8. The molecule has 8 nitrogen and oxygen atoms in total. The van der Waals surface area contributed by atoms with Crippen molar-refractivity contribution >= 4 is 38.5 Å². The summed E-state index contributed by atoms with van der Waals surface area (Å²) in [5.41, 5.74) is 7.93. The van der Waals surface area contributed by atoms with Crippen molar-refractivity contribution < 1.29 is 26.8 Å². The van der Waals surface area contributed by atoms with E-state index < -0.39 is 27.7 Å². The van der Waals surface area contributed by atoms with Crippen molar-refractivity contribution in [1.82, 2.24) is 5.32 Å². The monoisotopic (exact) mass is 509 g/mol. The summed E-state index contributed by atoms with van der Waals surface area (Å²) < 4.78 is 46.1. The van der Waals surface area contributed by atoms with Crippen molar-refractivity contribution in [2.24, 2.45) is 5.73 Å². The Morgan fingerprint density at radius 3 is 2.33 bits per heavy atom. The van der Waals surface area contributed by atoms with Crippen LogP contribution in [-0.4, -0.2) is 40.1 Å². The number of nitrogens with two attached hydrogens (primary N) is 1. The number of primary amides is 1. The number of furan rings is 1. The van der Waals surface area contributed by atoms with Crippen LogP contribution in [0.3, 0.4) is 0 Å². The Kier molecular flexibility index (Phi) is 6.55. The Labute approximate surface area is 207 Å². The Balaban J connectivity index is 2.11. The van der Waals surface area contributed by atoms with E-state index in [2.05, 4.69) is 5.32 Å². The van der Waals surface area contributed by atoms with E-state index in [0.29, 0.717) is 27.8 Å². The molecular formula is C26H24FN3O5S. The number of benzene rings is 3. The molecule has 10 heteroatoms. The Bertz CT molecular complexity index is 1590. The molecule has 0 atom stereocenters. The van der Waals surface area contributed by atoms with Crippen LogP contribution in [0.25, 0.3) is 33.4 Å². The fourth-order valence-corrected chi connectivity index (χ4v) is 5.13. The maximum atomic E-state index is 13.5. The van der Waals surface area contributed by atoms with Crippen LogP contribution in [0.1, 0.15) is 27.6 Å². The zero-order valence-corrected chi connectivity index (χ0v) is 20.6. The number of rotatable bonds is 7. The highest BCUT2D eigenvalue weighted by Gasteiger charge is 2.26. The number of carbonyl (C=O) groups excluding carboxylic acids is 2. The summed E-state index contributed by atoms with van der Waals surface area (Å²) in [6.45, 7) is 1.82.